The molecule has 1 aliphatic carbocycles. The van der Waals surface area contributed by atoms with Gasteiger partial charge >= 0.3 is 0 Å². The van der Waals surface area contributed by atoms with E-state index < -0.39 is 27.9 Å². The predicted octanol–water partition coefficient (Wildman–Crippen LogP) is 5.29. The van der Waals surface area contributed by atoms with E-state index in [2.05, 4.69) is 29.0 Å². The third-order valence-corrected chi connectivity index (χ3v) is 9.90. The largest absolute Gasteiger partial charge is 0.469 e. The smallest absolute Gasteiger partial charge is 0.297 e. The molecule has 6 rings (SSSR count). The van der Waals surface area contributed by atoms with Crippen LogP contribution >= 0.6 is 0 Å². The summed E-state index contributed by atoms with van der Waals surface area (Å²) in [5.41, 5.74) is 4.48. The number of aryl methyl sites for hydroxylation is 3. The van der Waals surface area contributed by atoms with Crippen molar-refractivity contribution < 1.29 is 21.9 Å². The van der Waals surface area contributed by atoms with Crippen LogP contribution in [0.15, 0.2) is 41.6 Å². The lowest BCUT2D eigenvalue weighted by atomic mass is 9.83. The number of alkyl halides is 2. The van der Waals surface area contributed by atoms with Gasteiger partial charge in [0.1, 0.15) is 10.5 Å². The van der Waals surface area contributed by atoms with Crippen LogP contribution in [0.1, 0.15) is 78.5 Å². The van der Waals surface area contributed by atoms with Gasteiger partial charge in [0.2, 0.25) is 21.7 Å². The Balaban J connectivity index is 1.40. The molecule has 0 radical (unpaired) electrons. The van der Waals surface area contributed by atoms with E-state index >= 15 is 0 Å². The fourth-order valence-electron chi connectivity index (χ4n) is 5.66. The standard InChI is InChI=1S/C29H32F2N6O3S/c1-16(2)24(20-8-11-37-26(19(20)5)34-35-27(37)25(30)31)21-7-6-18(4)22(33-21)14-36-15-29(9-10-29)40-28-23(41(36,38)39)12-17(3)13-32-28/h6-8,11-13,16,24-25H,9-10,14-15H2,1-5H3/t24-/m0/s1. The third kappa shape index (κ3) is 4.76. The van der Waals surface area contributed by atoms with E-state index in [1.165, 1.54) is 8.71 Å². The van der Waals surface area contributed by atoms with Crippen molar-refractivity contribution in [2.45, 2.75) is 76.8 Å². The predicted molar refractivity (Wildman–Crippen MR) is 147 cm³/mol. The number of hydrogen-bond acceptors (Lipinski definition) is 7. The van der Waals surface area contributed by atoms with Crippen molar-refractivity contribution in [3.05, 3.63) is 76.1 Å². The monoisotopic (exact) mass is 582 g/mol. The van der Waals surface area contributed by atoms with Crippen molar-refractivity contribution in [1.29, 1.82) is 0 Å². The number of fused-ring (bicyclic) bond motifs is 2. The van der Waals surface area contributed by atoms with Gasteiger partial charge in [0.05, 0.1) is 18.8 Å². The van der Waals surface area contributed by atoms with E-state index in [9.17, 15) is 17.2 Å². The maximum Gasteiger partial charge on any atom is 0.297 e. The fraction of sp³-hybridized carbons (Fsp3) is 0.448. The first-order valence-electron chi connectivity index (χ1n) is 13.6. The molecule has 5 heterocycles. The second kappa shape index (κ2) is 9.80. The molecule has 1 fully saturated rings. The van der Waals surface area contributed by atoms with Gasteiger partial charge in [0, 0.05) is 24.0 Å². The Morgan fingerprint density at radius 3 is 2.54 bits per heavy atom. The van der Waals surface area contributed by atoms with Crippen LogP contribution < -0.4 is 4.74 Å². The molecule has 0 amide bonds. The number of halogens is 2. The highest BCUT2D eigenvalue weighted by Crippen LogP contribution is 2.46. The zero-order valence-corrected chi connectivity index (χ0v) is 24.4. The molecule has 0 bridgehead atoms. The molecule has 1 saturated carbocycles. The van der Waals surface area contributed by atoms with Crippen LogP contribution in [-0.4, -0.2) is 49.4 Å². The van der Waals surface area contributed by atoms with Crippen LogP contribution in [0.4, 0.5) is 8.78 Å². The molecule has 0 unspecified atom stereocenters. The van der Waals surface area contributed by atoms with Crippen LogP contribution in [0.3, 0.4) is 0 Å². The lowest BCUT2D eigenvalue weighted by molar-refractivity contribution is 0.139. The van der Waals surface area contributed by atoms with Gasteiger partial charge in [-0.25, -0.2) is 22.2 Å². The molecule has 1 aliphatic heterocycles. The van der Waals surface area contributed by atoms with E-state index in [1.54, 1.807) is 25.4 Å². The number of rotatable bonds is 6. The zero-order valence-electron chi connectivity index (χ0n) is 23.6. The third-order valence-electron chi connectivity index (χ3n) is 8.12. The van der Waals surface area contributed by atoms with Gasteiger partial charge in [-0.3, -0.25) is 9.38 Å². The van der Waals surface area contributed by atoms with Crippen molar-refractivity contribution in [1.82, 2.24) is 28.9 Å². The topological polar surface area (TPSA) is 103 Å². The molecule has 2 aliphatic rings. The molecule has 1 atom stereocenters. The van der Waals surface area contributed by atoms with Crippen molar-refractivity contribution >= 4 is 15.7 Å². The van der Waals surface area contributed by atoms with E-state index in [0.717, 1.165) is 40.8 Å². The number of aromatic nitrogens is 5. The van der Waals surface area contributed by atoms with E-state index in [1.807, 2.05) is 32.0 Å². The summed E-state index contributed by atoms with van der Waals surface area (Å²) in [7, 11) is -3.90. The molecule has 41 heavy (non-hydrogen) atoms. The van der Waals surface area contributed by atoms with Gasteiger partial charge in [0.25, 0.3) is 6.43 Å². The Morgan fingerprint density at radius 1 is 1.10 bits per heavy atom. The number of ether oxygens (including phenoxy) is 1. The Labute approximate surface area is 237 Å². The fourth-order valence-corrected chi connectivity index (χ4v) is 7.29. The van der Waals surface area contributed by atoms with Gasteiger partial charge in [-0.05, 0) is 80.0 Å². The maximum absolute atomic E-state index is 13.9. The van der Waals surface area contributed by atoms with Gasteiger partial charge in [-0.1, -0.05) is 19.9 Å². The van der Waals surface area contributed by atoms with Crippen LogP contribution in [0.5, 0.6) is 5.88 Å². The Kier molecular flexibility index (Phi) is 6.61. The van der Waals surface area contributed by atoms with Gasteiger partial charge in [-0.2, -0.15) is 4.31 Å². The second-order valence-corrected chi connectivity index (χ2v) is 13.5. The molecule has 0 saturated heterocycles. The SMILES string of the molecule is Cc1cnc2c(c1)S(=O)(=O)N(Cc1nc([C@H](c3ccn4c(C(F)F)nnc4c3C)C(C)C)ccc1C)CC1(CC1)O2. The summed E-state index contributed by atoms with van der Waals surface area (Å²) >= 11 is 0. The maximum atomic E-state index is 13.9. The normalized spacial score (nSPS) is 18.5. The molecule has 0 N–H and O–H groups in total. The van der Waals surface area contributed by atoms with Crippen LogP contribution in [0, 0.1) is 26.7 Å². The average molecular weight is 583 g/mol. The van der Waals surface area contributed by atoms with Gasteiger partial charge in [-0.15, -0.1) is 10.2 Å². The van der Waals surface area contributed by atoms with Gasteiger partial charge < -0.3 is 4.74 Å². The van der Waals surface area contributed by atoms with Crippen LogP contribution in [0.2, 0.25) is 0 Å². The van der Waals surface area contributed by atoms with Crippen molar-refractivity contribution in [3.8, 4) is 5.88 Å². The first-order chi connectivity index (χ1) is 19.4. The summed E-state index contributed by atoms with van der Waals surface area (Å²) in [4.78, 5) is 9.41. The Bertz CT molecular complexity index is 1770. The molecule has 1 spiro atoms. The van der Waals surface area contributed by atoms with E-state index in [-0.39, 0.29) is 35.7 Å². The number of sulfonamides is 1. The average Bonchev–Trinajstić information content (AvgIpc) is 3.53. The van der Waals surface area contributed by atoms with Crippen LogP contribution in [0.25, 0.3) is 5.65 Å². The summed E-state index contributed by atoms with van der Waals surface area (Å²) in [5, 5.41) is 7.73. The zero-order chi connectivity index (χ0) is 29.3. The minimum atomic E-state index is -3.90. The van der Waals surface area contributed by atoms with Crippen molar-refractivity contribution in [2.24, 2.45) is 5.92 Å². The molecular weight excluding hydrogens is 550 g/mol. The first-order valence-corrected chi connectivity index (χ1v) is 15.1. The summed E-state index contributed by atoms with van der Waals surface area (Å²) < 4.78 is 63.6. The van der Waals surface area contributed by atoms with E-state index in [0.29, 0.717) is 11.3 Å². The van der Waals surface area contributed by atoms with Crippen molar-refractivity contribution in [2.75, 3.05) is 6.54 Å². The lowest BCUT2D eigenvalue weighted by Crippen LogP contribution is -2.38. The van der Waals surface area contributed by atoms with Gasteiger partial charge in [0.15, 0.2) is 5.65 Å². The minimum Gasteiger partial charge on any atom is -0.469 e. The highest BCUT2D eigenvalue weighted by Gasteiger charge is 2.52. The Morgan fingerprint density at radius 2 is 1.85 bits per heavy atom. The minimum absolute atomic E-state index is 0.0792. The Hall–Kier alpha value is -3.51. The summed E-state index contributed by atoms with van der Waals surface area (Å²) in [6, 6.07) is 7.34. The summed E-state index contributed by atoms with van der Waals surface area (Å²) in [6.45, 7) is 10.0. The molecule has 12 heteroatoms. The van der Waals surface area contributed by atoms with E-state index in [4.69, 9.17) is 9.72 Å². The molecule has 216 valence electrons. The highest BCUT2D eigenvalue weighted by molar-refractivity contribution is 7.89. The number of nitrogens with zero attached hydrogens (tertiary/aromatic N) is 6. The molecule has 4 aromatic rings. The molecule has 9 nitrogen and oxygen atoms in total. The first kappa shape index (κ1) is 27.6. The summed E-state index contributed by atoms with van der Waals surface area (Å²) in [5.74, 6) is -0.321. The van der Waals surface area contributed by atoms with Crippen molar-refractivity contribution in [3.63, 3.8) is 0 Å². The van der Waals surface area contributed by atoms with Crippen LogP contribution in [-0.2, 0) is 16.6 Å². The quantitative estimate of drug-likeness (QED) is 0.305. The summed E-state index contributed by atoms with van der Waals surface area (Å²) in [6.07, 6.45) is 1.98. The number of pyridine rings is 3. The number of hydrogen-bond donors (Lipinski definition) is 0. The highest BCUT2D eigenvalue weighted by atomic mass is 32.2. The second-order valence-electron chi connectivity index (χ2n) is 11.5. The molecule has 4 aromatic heterocycles. The molecular formula is C29H32F2N6O3S. The molecule has 0 aromatic carbocycles. The lowest BCUT2D eigenvalue weighted by Gasteiger charge is -2.26.